The Balaban J connectivity index is 2.10. The number of rotatable bonds is 4. The summed E-state index contributed by atoms with van der Waals surface area (Å²) in [7, 11) is 0. The molecule has 1 N–H and O–H groups in total. The van der Waals surface area contributed by atoms with Crippen LogP contribution in [0, 0.1) is 15.9 Å². The van der Waals surface area contributed by atoms with Crippen LogP contribution in [0.15, 0.2) is 46.9 Å². The fourth-order valence-electron chi connectivity index (χ4n) is 1.70. The lowest BCUT2D eigenvalue weighted by atomic mass is 10.1. The third-order valence-corrected chi connectivity index (χ3v) is 3.24. The molecule has 0 unspecified atom stereocenters. The highest BCUT2D eigenvalue weighted by atomic mass is 79.9. The number of nitro groups is 1. The van der Waals surface area contributed by atoms with Crippen LogP contribution in [0.2, 0.25) is 0 Å². The van der Waals surface area contributed by atoms with E-state index in [-0.39, 0.29) is 17.8 Å². The second-order valence-electron chi connectivity index (χ2n) is 4.27. The van der Waals surface area contributed by atoms with Crippen LogP contribution < -0.4 is 5.32 Å². The maximum Gasteiger partial charge on any atom is 0.271 e. The quantitative estimate of drug-likeness (QED) is 0.673. The molecule has 0 aliphatic heterocycles. The van der Waals surface area contributed by atoms with Gasteiger partial charge in [-0.15, -0.1) is 0 Å². The molecule has 0 radical (unpaired) electrons. The summed E-state index contributed by atoms with van der Waals surface area (Å²) in [6.07, 6.45) is 0.0510. The van der Waals surface area contributed by atoms with Gasteiger partial charge >= 0.3 is 0 Å². The van der Waals surface area contributed by atoms with Gasteiger partial charge in [-0.25, -0.2) is 4.39 Å². The number of nitro benzene ring substituents is 1. The summed E-state index contributed by atoms with van der Waals surface area (Å²) >= 11 is 3.28. The minimum absolute atomic E-state index is 0.0510. The predicted octanol–water partition coefficient (Wildman–Crippen LogP) is 3.68. The van der Waals surface area contributed by atoms with Crippen LogP contribution in [-0.2, 0) is 11.2 Å². The standard InChI is InChI=1S/C14H10BrFN2O3/c15-10-3-1-9(2-4-10)7-14(19)17-13-8-11(18(20)21)5-6-12(13)16/h1-6,8H,7H2,(H,17,19). The van der Waals surface area contributed by atoms with Gasteiger partial charge in [0.05, 0.1) is 17.0 Å². The number of hydrogen-bond donors (Lipinski definition) is 1. The van der Waals surface area contributed by atoms with Crippen molar-refractivity contribution < 1.29 is 14.1 Å². The Bertz CT molecular complexity index is 689. The van der Waals surface area contributed by atoms with Gasteiger partial charge in [-0.2, -0.15) is 0 Å². The van der Waals surface area contributed by atoms with Crippen LogP contribution in [0.3, 0.4) is 0 Å². The Morgan fingerprint density at radius 2 is 1.90 bits per heavy atom. The van der Waals surface area contributed by atoms with E-state index < -0.39 is 16.6 Å². The topological polar surface area (TPSA) is 72.2 Å². The van der Waals surface area contributed by atoms with Gasteiger partial charge < -0.3 is 5.32 Å². The maximum atomic E-state index is 13.5. The number of benzene rings is 2. The van der Waals surface area contributed by atoms with E-state index >= 15 is 0 Å². The molecule has 21 heavy (non-hydrogen) atoms. The van der Waals surface area contributed by atoms with Crippen LogP contribution in [0.4, 0.5) is 15.8 Å². The molecule has 0 aromatic heterocycles. The molecule has 2 aromatic carbocycles. The molecule has 0 fully saturated rings. The van der Waals surface area contributed by atoms with Crippen LogP contribution in [0.5, 0.6) is 0 Å². The molecule has 7 heteroatoms. The molecule has 2 aromatic rings. The van der Waals surface area contributed by atoms with E-state index in [0.29, 0.717) is 0 Å². The number of halogens is 2. The first kappa shape index (κ1) is 15.1. The minimum Gasteiger partial charge on any atom is -0.323 e. The van der Waals surface area contributed by atoms with Crippen LogP contribution in [0.25, 0.3) is 0 Å². The molecule has 0 saturated carbocycles. The molecule has 2 rings (SSSR count). The number of amides is 1. The van der Waals surface area contributed by atoms with Crippen LogP contribution in [0.1, 0.15) is 5.56 Å². The van der Waals surface area contributed by atoms with Gasteiger partial charge in [0, 0.05) is 16.6 Å². The lowest BCUT2D eigenvalue weighted by molar-refractivity contribution is -0.384. The van der Waals surface area contributed by atoms with Gasteiger partial charge in [-0.1, -0.05) is 28.1 Å². The number of carbonyl (C=O) groups excluding carboxylic acids is 1. The van der Waals surface area contributed by atoms with Crippen molar-refractivity contribution in [1.29, 1.82) is 0 Å². The third-order valence-electron chi connectivity index (χ3n) is 2.71. The number of carbonyl (C=O) groups is 1. The Labute approximate surface area is 128 Å². The number of nitrogens with zero attached hydrogens (tertiary/aromatic N) is 1. The molecule has 0 atom stereocenters. The SMILES string of the molecule is O=C(Cc1ccc(Br)cc1)Nc1cc([N+](=O)[O-])ccc1F. The van der Waals surface area contributed by atoms with E-state index in [2.05, 4.69) is 21.2 Å². The van der Waals surface area contributed by atoms with E-state index in [1.165, 1.54) is 0 Å². The summed E-state index contributed by atoms with van der Waals surface area (Å²) in [4.78, 5) is 21.8. The minimum atomic E-state index is -0.718. The third kappa shape index (κ3) is 4.09. The van der Waals surface area contributed by atoms with Crippen molar-refractivity contribution in [2.24, 2.45) is 0 Å². The van der Waals surface area contributed by atoms with Crippen molar-refractivity contribution in [3.63, 3.8) is 0 Å². The highest BCUT2D eigenvalue weighted by molar-refractivity contribution is 9.10. The van der Waals surface area contributed by atoms with E-state index in [0.717, 1.165) is 28.2 Å². The molecule has 0 spiro atoms. The van der Waals surface area contributed by atoms with Gasteiger partial charge in [0.15, 0.2) is 0 Å². The second kappa shape index (κ2) is 6.45. The first-order valence-corrected chi connectivity index (χ1v) is 6.73. The zero-order chi connectivity index (χ0) is 15.4. The first-order valence-electron chi connectivity index (χ1n) is 5.94. The lowest BCUT2D eigenvalue weighted by Gasteiger charge is -2.06. The smallest absolute Gasteiger partial charge is 0.271 e. The van der Waals surface area contributed by atoms with Crippen molar-refractivity contribution in [1.82, 2.24) is 0 Å². The van der Waals surface area contributed by atoms with Gasteiger partial charge in [0.2, 0.25) is 5.91 Å². The average molecular weight is 353 g/mol. The summed E-state index contributed by atoms with van der Waals surface area (Å²) in [5.41, 5.74) is 0.267. The maximum absolute atomic E-state index is 13.5. The molecule has 0 saturated heterocycles. The Kier molecular flexibility index (Phi) is 4.64. The summed E-state index contributed by atoms with van der Waals surface area (Å²) in [5, 5.41) is 13.0. The number of non-ortho nitro benzene ring substituents is 1. The number of nitrogens with one attached hydrogen (secondary N) is 1. The summed E-state index contributed by atoms with van der Waals surface area (Å²) in [5.74, 6) is -1.17. The molecule has 0 heterocycles. The zero-order valence-electron chi connectivity index (χ0n) is 10.7. The predicted molar refractivity (Wildman–Crippen MR) is 79.5 cm³/mol. The normalized spacial score (nSPS) is 10.2. The molecule has 0 aliphatic rings. The van der Waals surface area contributed by atoms with Crippen molar-refractivity contribution in [2.45, 2.75) is 6.42 Å². The van der Waals surface area contributed by atoms with Crippen molar-refractivity contribution >= 4 is 33.2 Å². The molecule has 0 aliphatic carbocycles. The van der Waals surface area contributed by atoms with Crippen molar-refractivity contribution in [2.75, 3.05) is 5.32 Å². The van der Waals surface area contributed by atoms with Gasteiger partial charge in [0.25, 0.3) is 5.69 Å². The number of anilines is 1. The Morgan fingerprint density at radius 3 is 2.52 bits per heavy atom. The summed E-state index contributed by atoms with van der Waals surface area (Å²) < 4.78 is 14.4. The lowest BCUT2D eigenvalue weighted by Crippen LogP contribution is -2.15. The van der Waals surface area contributed by atoms with Crippen LogP contribution >= 0.6 is 15.9 Å². The second-order valence-corrected chi connectivity index (χ2v) is 5.19. The van der Waals surface area contributed by atoms with Gasteiger partial charge in [-0.3, -0.25) is 14.9 Å². The van der Waals surface area contributed by atoms with Crippen LogP contribution in [-0.4, -0.2) is 10.8 Å². The molecular formula is C14H10BrFN2O3. The number of hydrogen-bond acceptors (Lipinski definition) is 3. The Hall–Kier alpha value is -2.28. The summed E-state index contributed by atoms with van der Waals surface area (Å²) in [6.45, 7) is 0. The monoisotopic (exact) mass is 352 g/mol. The largest absolute Gasteiger partial charge is 0.323 e. The highest BCUT2D eigenvalue weighted by Gasteiger charge is 2.13. The Morgan fingerprint density at radius 1 is 1.24 bits per heavy atom. The van der Waals surface area contributed by atoms with Gasteiger partial charge in [0.1, 0.15) is 5.82 Å². The molecule has 5 nitrogen and oxygen atoms in total. The molecule has 108 valence electrons. The zero-order valence-corrected chi connectivity index (χ0v) is 12.3. The van der Waals surface area contributed by atoms with E-state index in [1.807, 2.05) is 0 Å². The molecule has 0 bridgehead atoms. The van der Waals surface area contributed by atoms with Crippen molar-refractivity contribution in [3.05, 3.63) is 68.4 Å². The van der Waals surface area contributed by atoms with E-state index in [1.54, 1.807) is 24.3 Å². The average Bonchev–Trinajstić information content (AvgIpc) is 2.43. The molecular weight excluding hydrogens is 343 g/mol. The fraction of sp³-hybridized carbons (Fsp3) is 0.0714. The molecule has 1 amide bonds. The van der Waals surface area contributed by atoms with Crippen molar-refractivity contribution in [3.8, 4) is 0 Å². The van der Waals surface area contributed by atoms with Gasteiger partial charge in [-0.05, 0) is 23.8 Å². The summed E-state index contributed by atoms with van der Waals surface area (Å²) in [6, 6.07) is 10.1. The van der Waals surface area contributed by atoms with E-state index in [4.69, 9.17) is 0 Å². The van der Waals surface area contributed by atoms with E-state index in [9.17, 15) is 19.3 Å². The highest BCUT2D eigenvalue weighted by Crippen LogP contribution is 2.21. The fourth-order valence-corrected chi connectivity index (χ4v) is 1.97. The first-order chi connectivity index (χ1) is 9.95.